The Hall–Kier alpha value is -2.69. The Morgan fingerprint density at radius 3 is 1.43 bits per heavy atom. The van der Waals surface area contributed by atoms with Crippen LogP contribution in [-0.2, 0) is 4.74 Å². The highest BCUT2D eigenvalue weighted by Gasteiger charge is 2.04. The van der Waals surface area contributed by atoms with Crippen molar-refractivity contribution in [2.24, 2.45) is 10.2 Å². The van der Waals surface area contributed by atoms with Gasteiger partial charge in [-0.1, -0.05) is 103 Å². The summed E-state index contributed by atoms with van der Waals surface area (Å²) in [6.07, 6.45) is 22.0. The second-order valence-electron chi connectivity index (χ2n) is 9.88. The summed E-state index contributed by atoms with van der Waals surface area (Å²) in [5.41, 5.74) is 1.93. The molecule has 0 atom stereocenters. The standard InChI is InChI=1S/C32H48N2O3/c1-3-4-5-6-7-8-9-10-11-12-13-14-15-16-17-18-27-37-31-25-23-30(24-26-31)34-33-29-21-19-28(20-22-29)32(35)36-2/h19-26H,3-18,27H2,1-2H3. The van der Waals surface area contributed by atoms with Gasteiger partial charge in [-0.05, 0) is 55.0 Å². The molecule has 0 fully saturated rings. The van der Waals surface area contributed by atoms with Gasteiger partial charge in [0.25, 0.3) is 0 Å². The number of benzene rings is 2. The van der Waals surface area contributed by atoms with Crippen molar-refractivity contribution < 1.29 is 14.3 Å². The van der Waals surface area contributed by atoms with E-state index in [1.807, 2.05) is 24.3 Å². The maximum Gasteiger partial charge on any atom is 0.337 e. The van der Waals surface area contributed by atoms with Crippen LogP contribution in [0.3, 0.4) is 0 Å². The predicted molar refractivity (Wildman–Crippen MR) is 153 cm³/mol. The Morgan fingerprint density at radius 1 is 0.595 bits per heavy atom. The first-order valence-corrected chi connectivity index (χ1v) is 14.6. The van der Waals surface area contributed by atoms with Crippen LogP contribution in [0.1, 0.15) is 120 Å². The third kappa shape index (κ3) is 14.6. The molecule has 2 aromatic rings. The number of unbranched alkanes of at least 4 members (excludes halogenated alkanes) is 15. The summed E-state index contributed by atoms with van der Waals surface area (Å²) < 4.78 is 10.6. The molecule has 0 aliphatic carbocycles. The van der Waals surface area contributed by atoms with Gasteiger partial charge in [-0.25, -0.2) is 4.79 Å². The molecule has 0 aromatic heterocycles. The van der Waals surface area contributed by atoms with Crippen LogP contribution in [0, 0.1) is 0 Å². The molecule has 5 heteroatoms. The molecule has 0 amide bonds. The molecule has 0 unspecified atom stereocenters. The first kappa shape index (κ1) is 30.5. The molecule has 5 nitrogen and oxygen atoms in total. The first-order chi connectivity index (χ1) is 18.2. The molecule has 0 aliphatic rings. The maximum absolute atomic E-state index is 11.5. The van der Waals surface area contributed by atoms with E-state index in [1.165, 1.54) is 103 Å². The van der Waals surface area contributed by atoms with Crippen molar-refractivity contribution >= 4 is 17.3 Å². The summed E-state index contributed by atoms with van der Waals surface area (Å²) in [5, 5.41) is 8.46. The van der Waals surface area contributed by atoms with Crippen molar-refractivity contribution in [2.45, 2.75) is 110 Å². The van der Waals surface area contributed by atoms with Crippen LogP contribution in [0.2, 0.25) is 0 Å². The van der Waals surface area contributed by atoms with E-state index in [-0.39, 0.29) is 5.97 Å². The third-order valence-corrected chi connectivity index (χ3v) is 6.67. The first-order valence-electron chi connectivity index (χ1n) is 14.6. The average Bonchev–Trinajstić information content (AvgIpc) is 2.94. The fourth-order valence-corrected chi connectivity index (χ4v) is 4.35. The summed E-state index contributed by atoms with van der Waals surface area (Å²) in [4.78, 5) is 11.5. The fourth-order valence-electron chi connectivity index (χ4n) is 4.35. The average molecular weight is 509 g/mol. The van der Waals surface area contributed by atoms with Gasteiger partial charge in [-0.3, -0.25) is 0 Å². The van der Waals surface area contributed by atoms with E-state index < -0.39 is 0 Å². The molecule has 0 saturated heterocycles. The molecule has 0 aliphatic heterocycles. The number of carbonyl (C=O) groups excluding carboxylic acids is 1. The van der Waals surface area contributed by atoms with Crippen LogP contribution in [0.25, 0.3) is 0 Å². The molecular weight excluding hydrogens is 460 g/mol. The number of nitrogens with zero attached hydrogens (tertiary/aromatic N) is 2. The van der Waals surface area contributed by atoms with Crippen molar-refractivity contribution in [1.82, 2.24) is 0 Å². The lowest BCUT2D eigenvalue weighted by Crippen LogP contribution is -1.99. The fraction of sp³-hybridized carbons (Fsp3) is 0.594. The number of hydrogen-bond acceptors (Lipinski definition) is 5. The van der Waals surface area contributed by atoms with Gasteiger partial charge in [-0.2, -0.15) is 10.2 Å². The monoisotopic (exact) mass is 508 g/mol. The van der Waals surface area contributed by atoms with E-state index >= 15 is 0 Å². The van der Waals surface area contributed by atoms with Crippen LogP contribution in [0.4, 0.5) is 11.4 Å². The lowest BCUT2D eigenvalue weighted by molar-refractivity contribution is 0.0600. The number of rotatable bonds is 21. The van der Waals surface area contributed by atoms with Gasteiger partial charge in [0.05, 0.1) is 30.7 Å². The maximum atomic E-state index is 11.5. The van der Waals surface area contributed by atoms with Crippen molar-refractivity contribution in [3.8, 4) is 5.75 Å². The normalized spacial score (nSPS) is 11.2. The summed E-state index contributed by atoms with van der Waals surface area (Å²) in [6.45, 7) is 3.04. The Labute approximate surface area is 225 Å². The van der Waals surface area contributed by atoms with Gasteiger partial charge in [-0.15, -0.1) is 0 Å². The summed E-state index contributed by atoms with van der Waals surface area (Å²) in [6, 6.07) is 14.5. The summed E-state index contributed by atoms with van der Waals surface area (Å²) in [5.74, 6) is 0.501. The lowest BCUT2D eigenvalue weighted by atomic mass is 10.0. The zero-order valence-corrected chi connectivity index (χ0v) is 23.3. The van der Waals surface area contributed by atoms with Crippen molar-refractivity contribution in [2.75, 3.05) is 13.7 Å². The Kier molecular flexibility index (Phi) is 16.8. The van der Waals surface area contributed by atoms with Crippen LogP contribution in [-0.4, -0.2) is 19.7 Å². The van der Waals surface area contributed by atoms with Gasteiger partial charge in [0.15, 0.2) is 0 Å². The molecule has 0 spiro atoms. The highest BCUT2D eigenvalue weighted by molar-refractivity contribution is 5.89. The molecular formula is C32H48N2O3. The van der Waals surface area contributed by atoms with Crippen molar-refractivity contribution in [1.29, 1.82) is 0 Å². The smallest absolute Gasteiger partial charge is 0.337 e. The minimum atomic E-state index is -0.362. The van der Waals surface area contributed by atoms with Crippen LogP contribution in [0.5, 0.6) is 5.75 Å². The topological polar surface area (TPSA) is 60.2 Å². The molecule has 0 radical (unpaired) electrons. The highest BCUT2D eigenvalue weighted by Crippen LogP contribution is 2.22. The molecule has 37 heavy (non-hydrogen) atoms. The van der Waals surface area contributed by atoms with Gasteiger partial charge < -0.3 is 9.47 Å². The lowest BCUT2D eigenvalue weighted by Gasteiger charge is -2.06. The van der Waals surface area contributed by atoms with Crippen molar-refractivity contribution in [3.63, 3.8) is 0 Å². The second kappa shape index (κ2) is 20.4. The molecule has 0 N–H and O–H groups in total. The van der Waals surface area contributed by atoms with Gasteiger partial charge >= 0.3 is 5.97 Å². The Balaban J connectivity index is 1.44. The molecule has 0 heterocycles. The van der Waals surface area contributed by atoms with Gasteiger partial charge in [0.1, 0.15) is 5.75 Å². The molecule has 2 aromatic carbocycles. The molecule has 0 bridgehead atoms. The van der Waals surface area contributed by atoms with E-state index in [0.717, 1.165) is 24.5 Å². The summed E-state index contributed by atoms with van der Waals surface area (Å²) in [7, 11) is 1.37. The van der Waals surface area contributed by atoms with Crippen LogP contribution < -0.4 is 4.74 Å². The predicted octanol–water partition coefficient (Wildman–Crippen LogP) is 10.5. The summed E-state index contributed by atoms with van der Waals surface area (Å²) >= 11 is 0. The Morgan fingerprint density at radius 2 is 1.00 bits per heavy atom. The minimum Gasteiger partial charge on any atom is -0.494 e. The van der Waals surface area contributed by atoms with E-state index in [1.54, 1.807) is 24.3 Å². The van der Waals surface area contributed by atoms with E-state index in [9.17, 15) is 4.79 Å². The molecule has 0 saturated carbocycles. The number of esters is 1. The van der Waals surface area contributed by atoms with Crippen LogP contribution in [0.15, 0.2) is 58.8 Å². The van der Waals surface area contributed by atoms with E-state index in [4.69, 9.17) is 9.47 Å². The van der Waals surface area contributed by atoms with Crippen LogP contribution >= 0.6 is 0 Å². The van der Waals surface area contributed by atoms with Gasteiger partial charge in [0, 0.05) is 0 Å². The minimum absolute atomic E-state index is 0.362. The number of hydrogen-bond donors (Lipinski definition) is 0. The zero-order valence-electron chi connectivity index (χ0n) is 23.3. The van der Waals surface area contributed by atoms with E-state index in [0.29, 0.717) is 11.3 Å². The number of methoxy groups -OCH3 is 1. The third-order valence-electron chi connectivity index (χ3n) is 6.67. The SMILES string of the molecule is CCCCCCCCCCCCCCCCCCOc1ccc(N=Nc2ccc(C(=O)OC)cc2)cc1. The zero-order chi connectivity index (χ0) is 26.4. The highest BCUT2D eigenvalue weighted by atomic mass is 16.5. The number of carbonyl (C=O) groups is 1. The van der Waals surface area contributed by atoms with Crippen molar-refractivity contribution in [3.05, 3.63) is 54.1 Å². The second-order valence-corrected chi connectivity index (χ2v) is 9.88. The molecule has 204 valence electrons. The Bertz CT molecular complexity index is 863. The molecule has 2 rings (SSSR count). The van der Waals surface area contributed by atoms with E-state index in [2.05, 4.69) is 17.2 Å². The quantitative estimate of drug-likeness (QED) is 0.0957. The largest absolute Gasteiger partial charge is 0.494 e. The number of azo groups is 1. The number of ether oxygens (including phenoxy) is 2. The van der Waals surface area contributed by atoms with Gasteiger partial charge in [0.2, 0.25) is 0 Å².